The van der Waals surface area contributed by atoms with E-state index in [4.69, 9.17) is 5.73 Å². The summed E-state index contributed by atoms with van der Waals surface area (Å²) in [7, 11) is 0. The van der Waals surface area contributed by atoms with Crippen molar-refractivity contribution in [1.82, 2.24) is 0 Å². The molecule has 0 aliphatic heterocycles. The van der Waals surface area contributed by atoms with Crippen LogP contribution in [-0.2, 0) is 4.79 Å². The molecule has 1 aliphatic rings. The highest BCUT2D eigenvalue weighted by Gasteiger charge is 2.33. The maximum absolute atomic E-state index is 11.9. The number of hydrogen-bond donors (Lipinski definition) is 2. The number of nitrogens with two attached hydrogens (primary N) is 1. The molecule has 0 aromatic carbocycles. The third kappa shape index (κ3) is 2.87. The van der Waals surface area contributed by atoms with Gasteiger partial charge in [-0.1, -0.05) is 6.92 Å². The van der Waals surface area contributed by atoms with Crippen LogP contribution in [0.25, 0.3) is 0 Å². The van der Waals surface area contributed by atoms with Crippen LogP contribution in [0.4, 0.5) is 5.69 Å². The average molecular weight is 317 g/mol. The van der Waals surface area contributed by atoms with Gasteiger partial charge in [-0.2, -0.15) is 0 Å². The Kier molecular flexibility index (Phi) is 3.53. The Bertz CT molecular complexity index is 468. The van der Waals surface area contributed by atoms with Crippen LogP contribution in [0.2, 0.25) is 0 Å². The molecule has 0 spiro atoms. The van der Waals surface area contributed by atoms with Crippen molar-refractivity contribution in [3.8, 4) is 0 Å². The lowest BCUT2D eigenvalue weighted by atomic mass is 10.1. The molecule has 0 saturated heterocycles. The van der Waals surface area contributed by atoms with Crippen LogP contribution in [0.5, 0.6) is 0 Å². The molecule has 2 rings (SSSR count). The second-order valence-electron chi connectivity index (χ2n) is 4.27. The zero-order valence-corrected chi connectivity index (χ0v) is 11.7. The van der Waals surface area contributed by atoms with Crippen LogP contribution in [0.3, 0.4) is 0 Å². The van der Waals surface area contributed by atoms with Crippen molar-refractivity contribution in [3.63, 3.8) is 0 Å². The molecular formula is C11H13BrN2O2S. The monoisotopic (exact) mass is 316 g/mol. The van der Waals surface area contributed by atoms with Gasteiger partial charge in [-0.25, -0.2) is 0 Å². The number of anilines is 1. The summed E-state index contributed by atoms with van der Waals surface area (Å²) in [5.41, 5.74) is 5.76. The number of amides is 2. The van der Waals surface area contributed by atoms with Gasteiger partial charge in [0.2, 0.25) is 5.91 Å². The Morgan fingerprint density at radius 2 is 2.24 bits per heavy atom. The van der Waals surface area contributed by atoms with Gasteiger partial charge in [-0.05, 0) is 40.8 Å². The van der Waals surface area contributed by atoms with E-state index < -0.39 is 5.91 Å². The molecule has 0 radical (unpaired) electrons. The molecule has 4 nitrogen and oxygen atoms in total. The second kappa shape index (κ2) is 4.78. The number of hydrogen-bond acceptors (Lipinski definition) is 3. The van der Waals surface area contributed by atoms with Gasteiger partial charge < -0.3 is 11.1 Å². The number of carbonyl (C=O) groups excluding carboxylic acids is 2. The van der Waals surface area contributed by atoms with Crippen molar-refractivity contribution < 1.29 is 9.59 Å². The first-order valence-corrected chi connectivity index (χ1v) is 7.00. The van der Waals surface area contributed by atoms with Gasteiger partial charge in [0.25, 0.3) is 5.91 Å². The van der Waals surface area contributed by atoms with E-state index in [9.17, 15) is 9.59 Å². The van der Waals surface area contributed by atoms with Gasteiger partial charge in [0.1, 0.15) is 4.88 Å². The average Bonchev–Trinajstić information content (AvgIpc) is 3.02. The third-order valence-electron chi connectivity index (χ3n) is 2.93. The van der Waals surface area contributed by atoms with E-state index in [0.717, 1.165) is 16.6 Å². The fourth-order valence-electron chi connectivity index (χ4n) is 1.69. The Morgan fingerprint density at radius 1 is 1.59 bits per heavy atom. The fraction of sp³-hybridized carbons (Fsp3) is 0.455. The van der Waals surface area contributed by atoms with Crippen LogP contribution >= 0.6 is 27.3 Å². The Balaban J connectivity index is 2.11. The Morgan fingerprint density at radius 3 is 2.76 bits per heavy atom. The van der Waals surface area contributed by atoms with Gasteiger partial charge >= 0.3 is 0 Å². The number of carbonyl (C=O) groups is 2. The predicted molar refractivity (Wildman–Crippen MR) is 71.1 cm³/mol. The number of primary amides is 1. The predicted octanol–water partition coefficient (Wildman–Crippen LogP) is 2.59. The minimum absolute atomic E-state index is 0.00518. The summed E-state index contributed by atoms with van der Waals surface area (Å²) < 4.78 is 0.778. The molecular weight excluding hydrogens is 304 g/mol. The molecule has 1 aliphatic carbocycles. The lowest BCUT2D eigenvalue weighted by molar-refractivity contribution is -0.119. The van der Waals surface area contributed by atoms with Crippen molar-refractivity contribution in [2.24, 2.45) is 17.6 Å². The van der Waals surface area contributed by atoms with E-state index >= 15 is 0 Å². The smallest absolute Gasteiger partial charge is 0.260 e. The van der Waals surface area contributed by atoms with Gasteiger partial charge in [0.15, 0.2) is 0 Å². The maximum Gasteiger partial charge on any atom is 0.260 e. The molecule has 1 fully saturated rings. The highest BCUT2D eigenvalue weighted by Crippen LogP contribution is 2.38. The van der Waals surface area contributed by atoms with Crippen molar-refractivity contribution in [1.29, 1.82) is 0 Å². The van der Waals surface area contributed by atoms with E-state index in [1.165, 1.54) is 11.3 Å². The van der Waals surface area contributed by atoms with E-state index in [1.54, 1.807) is 6.07 Å². The standard InChI is InChI=1S/C11H13BrN2O2S/c1-5(6-2-3-6)11(16)14-7-4-8(12)17-9(7)10(13)15/h4-6H,2-3H2,1H3,(H2,13,15)(H,14,16)/t5-/m0/s1. The normalized spacial score (nSPS) is 16.6. The van der Waals surface area contributed by atoms with Crippen LogP contribution < -0.4 is 11.1 Å². The molecule has 1 aromatic heterocycles. The minimum Gasteiger partial charge on any atom is -0.365 e. The molecule has 3 N–H and O–H groups in total. The molecule has 17 heavy (non-hydrogen) atoms. The summed E-state index contributed by atoms with van der Waals surface area (Å²) in [6.45, 7) is 1.92. The Hall–Kier alpha value is -0.880. The second-order valence-corrected chi connectivity index (χ2v) is 6.70. The molecule has 0 bridgehead atoms. The summed E-state index contributed by atoms with van der Waals surface area (Å²) in [6.07, 6.45) is 2.23. The number of nitrogens with one attached hydrogen (secondary N) is 1. The summed E-state index contributed by atoms with van der Waals surface area (Å²) in [5, 5.41) is 2.77. The van der Waals surface area contributed by atoms with Crippen LogP contribution in [0, 0.1) is 11.8 Å². The zero-order chi connectivity index (χ0) is 12.6. The largest absolute Gasteiger partial charge is 0.365 e. The summed E-state index contributed by atoms with van der Waals surface area (Å²) in [4.78, 5) is 23.5. The van der Waals surface area contributed by atoms with Crippen molar-refractivity contribution >= 4 is 44.8 Å². The third-order valence-corrected chi connectivity index (χ3v) is 4.58. The number of thiophene rings is 1. The van der Waals surface area contributed by atoms with E-state index in [0.29, 0.717) is 16.5 Å². The molecule has 92 valence electrons. The van der Waals surface area contributed by atoms with Gasteiger partial charge in [0, 0.05) is 5.92 Å². The summed E-state index contributed by atoms with van der Waals surface area (Å²) >= 11 is 4.51. The summed E-state index contributed by atoms with van der Waals surface area (Å²) in [6, 6.07) is 1.71. The zero-order valence-electron chi connectivity index (χ0n) is 9.33. The molecule has 1 aromatic rings. The van der Waals surface area contributed by atoms with Gasteiger partial charge in [0.05, 0.1) is 9.47 Å². The molecule has 2 amide bonds. The van der Waals surface area contributed by atoms with Gasteiger partial charge in [-0.15, -0.1) is 11.3 Å². The molecule has 1 saturated carbocycles. The maximum atomic E-state index is 11.9. The lowest BCUT2D eigenvalue weighted by Gasteiger charge is -2.10. The molecule has 0 unspecified atom stereocenters. The Labute approximate surface area is 112 Å². The van der Waals surface area contributed by atoms with E-state index in [2.05, 4.69) is 21.2 Å². The van der Waals surface area contributed by atoms with Crippen LogP contribution in [0.15, 0.2) is 9.85 Å². The fourth-order valence-corrected chi connectivity index (χ4v) is 3.10. The van der Waals surface area contributed by atoms with Crippen LogP contribution in [-0.4, -0.2) is 11.8 Å². The summed E-state index contributed by atoms with van der Waals surface area (Å²) in [5.74, 6) is -0.0705. The highest BCUT2D eigenvalue weighted by molar-refractivity contribution is 9.11. The van der Waals surface area contributed by atoms with Crippen molar-refractivity contribution in [2.75, 3.05) is 5.32 Å². The first kappa shape index (κ1) is 12.6. The van der Waals surface area contributed by atoms with E-state index in [1.807, 2.05) is 6.92 Å². The van der Waals surface area contributed by atoms with Crippen LogP contribution in [0.1, 0.15) is 29.4 Å². The SMILES string of the molecule is C[C@H](C(=O)Nc1cc(Br)sc1C(N)=O)C1CC1. The van der Waals surface area contributed by atoms with Gasteiger partial charge in [-0.3, -0.25) is 9.59 Å². The molecule has 1 heterocycles. The lowest BCUT2D eigenvalue weighted by Crippen LogP contribution is -2.23. The first-order chi connectivity index (χ1) is 7.99. The molecule has 6 heteroatoms. The topological polar surface area (TPSA) is 72.2 Å². The van der Waals surface area contributed by atoms with Crippen molar-refractivity contribution in [2.45, 2.75) is 19.8 Å². The number of rotatable bonds is 4. The van der Waals surface area contributed by atoms with E-state index in [-0.39, 0.29) is 11.8 Å². The minimum atomic E-state index is -0.518. The van der Waals surface area contributed by atoms with Crippen molar-refractivity contribution in [3.05, 3.63) is 14.7 Å². The highest BCUT2D eigenvalue weighted by atomic mass is 79.9. The quantitative estimate of drug-likeness (QED) is 0.896. The molecule has 1 atom stereocenters. The first-order valence-electron chi connectivity index (χ1n) is 5.39. The number of halogens is 1.